The molecule has 6 heteroatoms. The predicted octanol–water partition coefficient (Wildman–Crippen LogP) is -0.360. The van der Waals surface area contributed by atoms with Gasteiger partial charge in [-0.2, -0.15) is 0 Å². The quantitative estimate of drug-likeness (QED) is 0.647. The molecule has 0 bridgehead atoms. The van der Waals surface area contributed by atoms with Gasteiger partial charge in [0.15, 0.2) is 11.5 Å². The smallest absolute Gasteiger partial charge is 0.236 e. The zero-order valence-corrected chi connectivity index (χ0v) is 8.60. The number of hydrogen-bond acceptors (Lipinski definition) is 5. The number of hydrogen-bond donors (Lipinski definition) is 3. The van der Waals surface area contributed by atoms with E-state index in [-0.39, 0.29) is 13.3 Å². The van der Waals surface area contributed by atoms with E-state index in [1.165, 1.54) is 0 Å². The molecule has 0 fully saturated rings. The van der Waals surface area contributed by atoms with E-state index in [1.807, 2.05) is 6.07 Å². The minimum atomic E-state index is -0.703. The van der Waals surface area contributed by atoms with Gasteiger partial charge < -0.3 is 26.3 Å². The van der Waals surface area contributed by atoms with Crippen molar-refractivity contribution >= 4 is 11.6 Å². The molecule has 0 saturated heterocycles. The van der Waals surface area contributed by atoms with Crippen LogP contribution >= 0.6 is 0 Å². The molecule has 16 heavy (non-hydrogen) atoms. The zero-order chi connectivity index (χ0) is 11.5. The fourth-order valence-electron chi connectivity index (χ4n) is 1.33. The second kappa shape index (κ2) is 4.28. The third-order valence-electron chi connectivity index (χ3n) is 2.26. The maximum Gasteiger partial charge on any atom is 0.236 e. The van der Waals surface area contributed by atoms with Crippen molar-refractivity contribution in [2.45, 2.75) is 6.04 Å². The second-order valence-electron chi connectivity index (χ2n) is 3.46. The van der Waals surface area contributed by atoms with Gasteiger partial charge in [0.05, 0.1) is 0 Å². The first kappa shape index (κ1) is 10.6. The first-order valence-corrected chi connectivity index (χ1v) is 4.85. The Labute approximate surface area is 92.5 Å². The average Bonchev–Trinajstić information content (AvgIpc) is 2.72. The molecule has 0 aromatic heterocycles. The van der Waals surface area contributed by atoms with Gasteiger partial charge in [-0.05, 0) is 12.1 Å². The number of benzene rings is 1. The fraction of sp³-hybridized carbons (Fsp3) is 0.300. The minimum Gasteiger partial charge on any atom is -0.454 e. The lowest BCUT2D eigenvalue weighted by Gasteiger charge is -2.10. The molecule has 86 valence electrons. The Morgan fingerprint density at radius 1 is 1.44 bits per heavy atom. The Morgan fingerprint density at radius 2 is 2.19 bits per heavy atom. The lowest BCUT2D eigenvalue weighted by atomic mass is 10.2. The third kappa shape index (κ3) is 2.17. The highest BCUT2D eigenvalue weighted by atomic mass is 16.7. The van der Waals surface area contributed by atoms with Crippen molar-refractivity contribution in [1.82, 2.24) is 0 Å². The normalized spacial score (nSPS) is 14.6. The third-order valence-corrected chi connectivity index (χ3v) is 2.26. The van der Waals surface area contributed by atoms with Crippen LogP contribution in [0.1, 0.15) is 0 Å². The summed E-state index contributed by atoms with van der Waals surface area (Å²) in [6, 6.07) is 4.70. The molecule has 0 radical (unpaired) electrons. The molecule has 1 amide bonds. The van der Waals surface area contributed by atoms with Gasteiger partial charge >= 0.3 is 0 Å². The summed E-state index contributed by atoms with van der Waals surface area (Å²) in [6.45, 7) is 0.522. The van der Waals surface area contributed by atoms with Crippen LogP contribution in [-0.2, 0) is 4.79 Å². The molecule has 1 aliphatic rings. The molecular formula is C10H13N3O3. The van der Waals surface area contributed by atoms with Crippen molar-refractivity contribution in [1.29, 1.82) is 0 Å². The highest BCUT2D eigenvalue weighted by molar-refractivity contribution is 5.80. The molecule has 1 aromatic rings. The van der Waals surface area contributed by atoms with Crippen molar-refractivity contribution in [3.63, 3.8) is 0 Å². The van der Waals surface area contributed by atoms with Crippen LogP contribution in [0.2, 0.25) is 0 Å². The maximum atomic E-state index is 10.7. The molecule has 1 heterocycles. The van der Waals surface area contributed by atoms with Gasteiger partial charge in [-0.15, -0.1) is 0 Å². The Balaban J connectivity index is 1.98. The Morgan fingerprint density at radius 3 is 2.94 bits per heavy atom. The summed E-state index contributed by atoms with van der Waals surface area (Å²) in [5, 5.41) is 2.99. The van der Waals surface area contributed by atoms with Gasteiger partial charge in [0.1, 0.15) is 6.04 Å². The van der Waals surface area contributed by atoms with E-state index in [9.17, 15) is 4.79 Å². The first-order valence-electron chi connectivity index (χ1n) is 4.85. The molecule has 1 aliphatic heterocycles. The molecule has 0 saturated carbocycles. The van der Waals surface area contributed by atoms with E-state index >= 15 is 0 Å². The lowest BCUT2D eigenvalue weighted by Crippen LogP contribution is -2.41. The van der Waals surface area contributed by atoms with Crippen LogP contribution in [0, 0.1) is 0 Å². The monoisotopic (exact) mass is 223 g/mol. The minimum absolute atomic E-state index is 0.236. The van der Waals surface area contributed by atoms with E-state index in [0.29, 0.717) is 11.5 Å². The molecule has 1 atom stereocenters. The van der Waals surface area contributed by atoms with Crippen LogP contribution in [-0.4, -0.2) is 25.3 Å². The molecule has 5 N–H and O–H groups in total. The summed E-state index contributed by atoms with van der Waals surface area (Å²) in [7, 11) is 0. The van der Waals surface area contributed by atoms with Gasteiger partial charge in [-0.3, -0.25) is 4.79 Å². The second-order valence-corrected chi connectivity index (χ2v) is 3.46. The molecular weight excluding hydrogens is 210 g/mol. The molecule has 1 unspecified atom stereocenters. The number of ether oxygens (including phenoxy) is 2. The number of rotatable bonds is 4. The summed E-state index contributed by atoms with van der Waals surface area (Å²) >= 11 is 0. The van der Waals surface area contributed by atoms with Crippen LogP contribution in [0.3, 0.4) is 0 Å². The van der Waals surface area contributed by atoms with Gasteiger partial charge in [0.2, 0.25) is 12.7 Å². The molecule has 6 nitrogen and oxygen atoms in total. The van der Waals surface area contributed by atoms with E-state index < -0.39 is 11.9 Å². The Hall–Kier alpha value is -1.95. The molecule has 1 aromatic carbocycles. The number of nitrogens with two attached hydrogens (primary N) is 2. The fourth-order valence-corrected chi connectivity index (χ4v) is 1.33. The Kier molecular flexibility index (Phi) is 2.82. The SMILES string of the molecule is NC(=O)C(N)CNc1ccc2c(c1)OCO2. The topological polar surface area (TPSA) is 99.6 Å². The highest BCUT2D eigenvalue weighted by Gasteiger charge is 2.14. The van der Waals surface area contributed by atoms with Gasteiger partial charge in [-0.25, -0.2) is 0 Å². The summed E-state index contributed by atoms with van der Waals surface area (Å²) in [5.74, 6) is 0.857. The van der Waals surface area contributed by atoms with Crippen molar-refractivity contribution < 1.29 is 14.3 Å². The zero-order valence-electron chi connectivity index (χ0n) is 8.60. The van der Waals surface area contributed by atoms with Crippen molar-refractivity contribution in [3.05, 3.63) is 18.2 Å². The standard InChI is InChI=1S/C10H13N3O3/c11-7(10(12)14)4-13-6-1-2-8-9(3-6)16-5-15-8/h1-3,7,13H,4-5,11H2,(H2,12,14). The van der Waals surface area contributed by atoms with Crippen LogP contribution in [0.5, 0.6) is 11.5 Å². The van der Waals surface area contributed by atoms with Crippen LogP contribution in [0.4, 0.5) is 5.69 Å². The molecule has 2 rings (SSSR count). The summed E-state index contributed by atoms with van der Waals surface area (Å²) < 4.78 is 10.4. The van der Waals surface area contributed by atoms with Gasteiger partial charge in [0.25, 0.3) is 0 Å². The number of carbonyl (C=O) groups excluding carboxylic acids is 1. The number of carbonyl (C=O) groups is 1. The lowest BCUT2D eigenvalue weighted by molar-refractivity contribution is -0.118. The van der Waals surface area contributed by atoms with Crippen molar-refractivity contribution in [3.8, 4) is 11.5 Å². The number of amides is 1. The predicted molar refractivity (Wildman–Crippen MR) is 58.2 cm³/mol. The van der Waals surface area contributed by atoms with Crippen molar-refractivity contribution in [2.75, 3.05) is 18.7 Å². The highest BCUT2D eigenvalue weighted by Crippen LogP contribution is 2.34. The van der Waals surface area contributed by atoms with Crippen LogP contribution in [0.25, 0.3) is 0 Å². The summed E-state index contributed by atoms with van der Waals surface area (Å²) in [5.41, 5.74) is 11.3. The van der Waals surface area contributed by atoms with Gasteiger partial charge in [-0.1, -0.05) is 0 Å². The maximum absolute atomic E-state index is 10.7. The van der Waals surface area contributed by atoms with Gasteiger partial charge in [0, 0.05) is 18.3 Å². The largest absolute Gasteiger partial charge is 0.454 e. The first-order chi connectivity index (χ1) is 7.66. The number of anilines is 1. The van der Waals surface area contributed by atoms with E-state index in [2.05, 4.69) is 5.32 Å². The number of nitrogens with one attached hydrogen (secondary N) is 1. The van der Waals surface area contributed by atoms with Crippen LogP contribution < -0.4 is 26.3 Å². The van der Waals surface area contributed by atoms with E-state index in [0.717, 1.165) is 5.69 Å². The molecule has 0 spiro atoms. The van der Waals surface area contributed by atoms with Crippen molar-refractivity contribution in [2.24, 2.45) is 11.5 Å². The van der Waals surface area contributed by atoms with Crippen LogP contribution in [0.15, 0.2) is 18.2 Å². The average molecular weight is 223 g/mol. The summed E-state index contributed by atoms with van der Waals surface area (Å²) in [6.07, 6.45) is 0. The van der Waals surface area contributed by atoms with E-state index in [1.54, 1.807) is 12.1 Å². The molecule has 0 aliphatic carbocycles. The van der Waals surface area contributed by atoms with E-state index in [4.69, 9.17) is 20.9 Å². The summed E-state index contributed by atoms with van der Waals surface area (Å²) in [4.78, 5) is 10.7. The number of primary amides is 1. The number of fused-ring (bicyclic) bond motifs is 1. The Bertz CT molecular complexity index is 408.